The van der Waals surface area contributed by atoms with Gasteiger partial charge in [0, 0.05) is 11.5 Å². The van der Waals surface area contributed by atoms with Gasteiger partial charge >= 0.3 is 5.97 Å². The second kappa shape index (κ2) is 6.64. The van der Waals surface area contributed by atoms with Crippen molar-refractivity contribution in [3.05, 3.63) is 23.8 Å². The minimum atomic E-state index is -0.912. The molecule has 4 heteroatoms. The number of aliphatic hydroxyl groups is 1. The standard InChI is InChI=1S/C20H30O4/c1-12-7-5-9-13(2)17-18-15(14(3)19(21)24-18)11-16(23-17)20(4,22)10-6-8-12/h8,13,15-18,22H,3,5-7,9-11H2,1-2,4H3/b12-8+/t13-,15-,16+,17+,18+,20+/m0/s1. The monoisotopic (exact) mass is 334 g/mol. The van der Waals surface area contributed by atoms with Crippen molar-refractivity contribution in [3.8, 4) is 0 Å². The molecule has 0 aromatic rings. The summed E-state index contributed by atoms with van der Waals surface area (Å²) in [7, 11) is 0. The Balaban J connectivity index is 1.90. The first-order valence-corrected chi connectivity index (χ1v) is 9.23. The lowest BCUT2D eigenvalue weighted by Crippen LogP contribution is -2.54. The molecule has 0 radical (unpaired) electrons. The third-order valence-electron chi connectivity index (χ3n) is 6.09. The second-order valence-electron chi connectivity index (χ2n) is 8.14. The van der Waals surface area contributed by atoms with Gasteiger partial charge in [0.2, 0.25) is 0 Å². The summed E-state index contributed by atoms with van der Waals surface area (Å²) in [5, 5.41) is 11.0. The number of esters is 1. The normalized spacial score (nSPS) is 46.2. The van der Waals surface area contributed by atoms with Gasteiger partial charge in [0.1, 0.15) is 6.10 Å². The van der Waals surface area contributed by atoms with Crippen LogP contribution in [0.5, 0.6) is 0 Å². The Morgan fingerprint density at radius 1 is 1.38 bits per heavy atom. The van der Waals surface area contributed by atoms with Gasteiger partial charge in [0.15, 0.2) is 0 Å². The molecule has 6 atom stereocenters. The number of allylic oxidation sites excluding steroid dienone is 2. The molecule has 2 saturated heterocycles. The minimum absolute atomic E-state index is 0.0320. The molecule has 134 valence electrons. The van der Waals surface area contributed by atoms with Crippen molar-refractivity contribution in [2.45, 2.75) is 83.2 Å². The maximum absolute atomic E-state index is 12.0. The first kappa shape index (κ1) is 17.7. The number of ether oxygens (including phenoxy) is 2. The summed E-state index contributed by atoms with van der Waals surface area (Å²) in [6.07, 6.45) is 6.87. The highest BCUT2D eigenvalue weighted by molar-refractivity contribution is 5.90. The molecule has 3 rings (SSSR count). The quantitative estimate of drug-likeness (QED) is 0.418. The van der Waals surface area contributed by atoms with Gasteiger partial charge in [-0.2, -0.15) is 0 Å². The number of hydrogen-bond acceptors (Lipinski definition) is 4. The van der Waals surface area contributed by atoms with Crippen LogP contribution in [0.25, 0.3) is 0 Å². The van der Waals surface area contributed by atoms with E-state index >= 15 is 0 Å². The topological polar surface area (TPSA) is 55.8 Å². The van der Waals surface area contributed by atoms with E-state index in [9.17, 15) is 9.90 Å². The van der Waals surface area contributed by atoms with Crippen molar-refractivity contribution >= 4 is 5.97 Å². The summed E-state index contributed by atoms with van der Waals surface area (Å²) in [5.41, 5.74) is 1.03. The highest BCUT2D eigenvalue weighted by Gasteiger charge is 2.53. The summed E-state index contributed by atoms with van der Waals surface area (Å²) >= 11 is 0. The molecule has 0 aromatic heterocycles. The van der Waals surface area contributed by atoms with Crippen molar-refractivity contribution < 1.29 is 19.4 Å². The van der Waals surface area contributed by atoms with Gasteiger partial charge in [-0.3, -0.25) is 0 Å². The van der Waals surface area contributed by atoms with Gasteiger partial charge in [-0.25, -0.2) is 4.79 Å². The Labute approximate surface area is 144 Å². The van der Waals surface area contributed by atoms with Crippen molar-refractivity contribution in [2.24, 2.45) is 11.8 Å². The molecule has 3 aliphatic rings. The van der Waals surface area contributed by atoms with Gasteiger partial charge in [0.05, 0.1) is 17.8 Å². The van der Waals surface area contributed by atoms with Crippen LogP contribution in [0.4, 0.5) is 0 Å². The molecule has 3 heterocycles. The van der Waals surface area contributed by atoms with E-state index in [-0.39, 0.29) is 36.1 Å². The predicted molar refractivity (Wildman–Crippen MR) is 92.4 cm³/mol. The van der Waals surface area contributed by atoms with E-state index in [1.807, 2.05) is 6.92 Å². The zero-order valence-corrected chi connectivity index (χ0v) is 15.1. The molecule has 0 aromatic carbocycles. The van der Waals surface area contributed by atoms with Gasteiger partial charge < -0.3 is 14.6 Å². The molecular weight excluding hydrogens is 304 g/mol. The van der Waals surface area contributed by atoms with E-state index in [0.717, 1.165) is 25.7 Å². The summed E-state index contributed by atoms with van der Waals surface area (Å²) < 4.78 is 11.9. The molecule has 0 amide bonds. The molecule has 4 nitrogen and oxygen atoms in total. The summed E-state index contributed by atoms with van der Waals surface area (Å²) in [6.45, 7) is 10.1. The fraction of sp³-hybridized carbons (Fsp3) is 0.750. The predicted octanol–water partition coefficient (Wildman–Crippen LogP) is 3.54. The Morgan fingerprint density at radius 2 is 2.12 bits per heavy atom. The van der Waals surface area contributed by atoms with Crippen molar-refractivity contribution in [1.82, 2.24) is 0 Å². The second-order valence-corrected chi connectivity index (χ2v) is 8.14. The smallest absolute Gasteiger partial charge is 0.334 e. The van der Waals surface area contributed by atoms with E-state index in [2.05, 4.69) is 26.5 Å². The third kappa shape index (κ3) is 3.31. The molecule has 2 bridgehead atoms. The van der Waals surface area contributed by atoms with Crippen LogP contribution in [-0.4, -0.2) is 35.0 Å². The number of carbonyl (C=O) groups is 1. The summed E-state index contributed by atoms with van der Waals surface area (Å²) in [6, 6.07) is 0. The largest absolute Gasteiger partial charge is 0.456 e. The van der Waals surface area contributed by atoms with Crippen LogP contribution < -0.4 is 0 Å². The van der Waals surface area contributed by atoms with Gasteiger partial charge in [-0.1, -0.05) is 25.2 Å². The molecule has 0 unspecified atom stereocenters. The lowest BCUT2D eigenvalue weighted by Gasteiger charge is -2.45. The van der Waals surface area contributed by atoms with Gasteiger partial charge in [-0.15, -0.1) is 0 Å². The third-order valence-corrected chi connectivity index (χ3v) is 6.09. The zero-order valence-electron chi connectivity index (χ0n) is 15.1. The van der Waals surface area contributed by atoms with Crippen LogP contribution in [0.2, 0.25) is 0 Å². The Bertz CT molecular complexity index is 548. The number of hydrogen-bond donors (Lipinski definition) is 1. The molecular formula is C20H30O4. The van der Waals surface area contributed by atoms with Crippen LogP contribution >= 0.6 is 0 Å². The van der Waals surface area contributed by atoms with Crippen molar-refractivity contribution in [1.29, 1.82) is 0 Å². The molecule has 0 spiro atoms. The fourth-order valence-corrected chi connectivity index (χ4v) is 4.36. The lowest BCUT2D eigenvalue weighted by atomic mass is 9.76. The Hall–Kier alpha value is -1.13. The Morgan fingerprint density at radius 3 is 2.88 bits per heavy atom. The highest BCUT2D eigenvalue weighted by Crippen LogP contribution is 2.44. The average molecular weight is 334 g/mol. The zero-order chi connectivity index (χ0) is 17.5. The molecule has 1 N–H and O–H groups in total. The molecule has 24 heavy (non-hydrogen) atoms. The summed E-state index contributed by atoms with van der Waals surface area (Å²) in [4.78, 5) is 12.0. The SMILES string of the molecule is C=C1C(=O)O[C@H]2[C@@H]3O[C@H](C[C@@H]12)[C@](C)(O)CC/C=C(\C)CCC[C@@H]3C. The Kier molecular flexibility index (Phi) is 4.89. The maximum atomic E-state index is 12.0. The van der Waals surface area contributed by atoms with Crippen LogP contribution in [0.1, 0.15) is 59.3 Å². The average Bonchev–Trinajstić information content (AvgIpc) is 2.80. The number of carbonyl (C=O) groups excluding carboxylic acids is 1. The highest BCUT2D eigenvalue weighted by atomic mass is 16.6. The van der Waals surface area contributed by atoms with Gasteiger partial charge in [0.25, 0.3) is 0 Å². The van der Waals surface area contributed by atoms with Crippen LogP contribution in [0.15, 0.2) is 23.8 Å². The summed E-state index contributed by atoms with van der Waals surface area (Å²) in [5.74, 6) is -0.0506. The molecule has 3 aliphatic heterocycles. The fourth-order valence-electron chi connectivity index (χ4n) is 4.36. The van der Waals surface area contributed by atoms with E-state index < -0.39 is 5.60 Å². The van der Waals surface area contributed by atoms with E-state index in [1.54, 1.807) is 0 Å². The van der Waals surface area contributed by atoms with Crippen molar-refractivity contribution in [3.63, 3.8) is 0 Å². The van der Waals surface area contributed by atoms with Crippen LogP contribution in [0.3, 0.4) is 0 Å². The number of fused-ring (bicyclic) bond motifs is 4. The minimum Gasteiger partial charge on any atom is -0.456 e. The van der Waals surface area contributed by atoms with E-state index in [1.165, 1.54) is 5.57 Å². The van der Waals surface area contributed by atoms with Gasteiger partial charge in [-0.05, 0) is 58.3 Å². The van der Waals surface area contributed by atoms with E-state index in [4.69, 9.17) is 9.47 Å². The van der Waals surface area contributed by atoms with Crippen molar-refractivity contribution in [2.75, 3.05) is 0 Å². The van der Waals surface area contributed by atoms with Crippen LogP contribution in [-0.2, 0) is 14.3 Å². The molecule has 2 fully saturated rings. The first-order chi connectivity index (χ1) is 11.3. The maximum Gasteiger partial charge on any atom is 0.334 e. The first-order valence-electron chi connectivity index (χ1n) is 9.23. The van der Waals surface area contributed by atoms with Crippen LogP contribution in [0, 0.1) is 11.8 Å². The van der Waals surface area contributed by atoms with E-state index in [0.29, 0.717) is 18.4 Å². The molecule has 0 saturated carbocycles. The number of rotatable bonds is 0. The molecule has 0 aliphatic carbocycles. The lowest BCUT2D eigenvalue weighted by molar-refractivity contribution is -0.208.